The summed E-state index contributed by atoms with van der Waals surface area (Å²) in [7, 11) is 0. The van der Waals surface area contributed by atoms with Crippen LogP contribution < -0.4 is 4.74 Å². The van der Waals surface area contributed by atoms with Gasteiger partial charge in [0.2, 0.25) is 0 Å². The van der Waals surface area contributed by atoms with E-state index in [1.807, 2.05) is 25.1 Å². The first kappa shape index (κ1) is 14.4. The van der Waals surface area contributed by atoms with Gasteiger partial charge in [0, 0.05) is 12.1 Å². The number of hydrogen-bond acceptors (Lipinski definition) is 4. The third kappa shape index (κ3) is 2.76. The summed E-state index contributed by atoms with van der Waals surface area (Å²) in [6, 6.07) is 5.64. The van der Waals surface area contributed by atoms with Crippen molar-refractivity contribution in [3.05, 3.63) is 29.3 Å². The Balaban J connectivity index is 1.79. The van der Waals surface area contributed by atoms with E-state index in [2.05, 4.69) is 4.90 Å². The zero-order valence-electron chi connectivity index (χ0n) is 12.2. The molecule has 0 saturated carbocycles. The lowest BCUT2D eigenvalue weighted by Crippen LogP contribution is -2.51. The van der Waals surface area contributed by atoms with Crippen molar-refractivity contribution in [1.29, 1.82) is 0 Å². The number of carboxylic acid groups (broad SMARTS) is 1. The van der Waals surface area contributed by atoms with Crippen LogP contribution in [0.1, 0.15) is 30.1 Å². The average Bonchev–Trinajstić information content (AvgIpc) is 2.48. The molecular formula is C16H21NO4. The monoisotopic (exact) mass is 291 g/mol. The number of aryl methyl sites for hydroxylation is 1. The fourth-order valence-electron chi connectivity index (χ4n) is 3.32. The number of piperidine rings is 1. The molecule has 1 saturated heterocycles. The zero-order valence-corrected chi connectivity index (χ0v) is 12.2. The maximum absolute atomic E-state index is 11.2. The van der Waals surface area contributed by atoms with Crippen molar-refractivity contribution in [3.8, 4) is 5.75 Å². The third-order valence-corrected chi connectivity index (χ3v) is 4.53. The first-order valence-corrected chi connectivity index (χ1v) is 7.44. The van der Waals surface area contributed by atoms with E-state index >= 15 is 0 Å². The van der Waals surface area contributed by atoms with Gasteiger partial charge in [-0.3, -0.25) is 9.69 Å². The van der Waals surface area contributed by atoms with E-state index in [-0.39, 0.29) is 12.0 Å². The molecule has 0 amide bonds. The van der Waals surface area contributed by atoms with E-state index in [1.165, 1.54) is 0 Å². The van der Waals surface area contributed by atoms with Gasteiger partial charge in [-0.1, -0.05) is 11.6 Å². The van der Waals surface area contributed by atoms with Crippen LogP contribution in [0.5, 0.6) is 5.75 Å². The number of carboxylic acids is 1. The van der Waals surface area contributed by atoms with Crippen LogP contribution in [0.4, 0.5) is 0 Å². The van der Waals surface area contributed by atoms with Crippen LogP contribution in [0.15, 0.2) is 18.2 Å². The molecule has 3 unspecified atom stereocenters. The Morgan fingerprint density at radius 1 is 1.43 bits per heavy atom. The number of aliphatic carboxylic acids is 1. The largest absolute Gasteiger partial charge is 0.491 e. The van der Waals surface area contributed by atoms with Gasteiger partial charge in [-0.25, -0.2) is 0 Å². The normalized spacial score (nSPS) is 29.5. The minimum Gasteiger partial charge on any atom is -0.491 e. The molecule has 0 aliphatic carbocycles. The van der Waals surface area contributed by atoms with Gasteiger partial charge in [0.25, 0.3) is 0 Å². The molecule has 1 fully saturated rings. The number of rotatable bonds is 2. The van der Waals surface area contributed by atoms with Gasteiger partial charge in [0.15, 0.2) is 0 Å². The van der Waals surface area contributed by atoms with Crippen LogP contribution in [0.2, 0.25) is 0 Å². The van der Waals surface area contributed by atoms with Crippen molar-refractivity contribution in [2.24, 2.45) is 5.92 Å². The standard InChI is InChI=1S/C16H21NO4/c1-10-4-5-14-12(7-10)15(18)13(9-21-14)17-6-2-3-11(8-17)16(19)20/h4-5,7,11,13,15,18H,2-3,6,8-9H2,1H3,(H,19,20). The van der Waals surface area contributed by atoms with Crippen molar-refractivity contribution in [3.63, 3.8) is 0 Å². The number of nitrogens with zero attached hydrogens (tertiary/aromatic N) is 1. The van der Waals surface area contributed by atoms with Gasteiger partial charge in [-0.15, -0.1) is 0 Å². The van der Waals surface area contributed by atoms with Gasteiger partial charge < -0.3 is 14.9 Å². The minimum atomic E-state index is -0.748. The van der Waals surface area contributed by atoms with Crippen molar-refractivity contribution < 1.29 is 19.7 Å². The number of likely N-dealkylation sites (tertiary alicyclic amines) is 1. The predicted molar refractivity (Wildman–Crippen MR) is 77.4 cm³/mol. The van der Waals surface area contributed by atoms with Crippen LogP contribution in [-0.4, -0.2) is 46.8 Å². The third-order valence-electron chi connectivity index (χ3n) is 4.53. The lowest BCUT2D eigenvalue weighted by molar-refractivity contribution is -0.144. The topological polar surface area (TPSA) is 70.0 Å². The number of fused-ring (bicyclic) bond motifs is 1. The number of hydrogen-bond donors (Lipinski definition) is 2. The van der Waals surface area contributed by atoms with Gasteiger partial charge in [-0.05, 0) is 38.4 Å². The van der Waals surface area contributed by atoms with E-state index in [4.69, 9.17) is 4.74 Å². The van der Waals surface area contributed by atoms with Gasteiger partial charge in [0.1, 0.15) is 18.5 Å². The second-order valence-electron chi connectivity index (χ2n) is 6.04. The molecular weight excluding hydrogens is 270 g/mol. The Labute approximate surface area is 124 Å². The Morgan fingerprint density at radius 3 is 3.00 bits per heavy atom. The molecule has 1 aromatic carbocycles. The highest BCUT2D eigenvalue weighted by molar-refractivity contribution is 5.70. The molecule has 2 heterocycles. The number of aliphatic hydroxyl groups excluding tert-OH is 1. The quantitative estimate of drug-likeness (QED) is 0.866. The summed E-state index contributed by atoms with van der Waals surface area (Å²) >= 11 is 0. The van der Waals surface area contributed by atoms with Crippen LogP contribution in [-0.2, 0) is 4.79 Å². The molecule has 1 aromatic rings. The summed E-state index contributed by atoms with van der Waals surface area (Å²) in [6.45, 7) is 3.69. The molecule has 0 spiro atoms. The molecule has 21 heavy (non-hydrogen) atoms. The molecule has 0 aromatic heterocycles. The van der Waals surface area contributed by atoms with E-state index < -0.39 is 12.1 Å². The van der Waals surface area contributed by atoms with Gasteiger partial charge in [0.05, 0.1) is 12.0 Å². The van der Waals surface area contributed by atoms with Gasteiger partial charge in [-0.2, -0.15) is 0 Å². The molecule has 2 aliphatic heterocycles. The smallest absolute Gasteiger partial charge is 0.307 e. The number of benzene rings is 1. The Morgan fingerprint density at radius 2 is 2.24 bits per heavy atom. The molecule has 5 nitrogen and oxygen atoms in total. The van der Waals surface area contributed by atoms with E-state index in [0.29, 0.717) is 19.6 Å². The number of carbonyl (C=O) groups is 1. The maximum atomic E-state index is 11.2. The van der Waals surface area contributed by atoms with Gasteiger partial charge >= 0.3 is 5.97 Å². The fourth-order valence-corrected chi connectivity index (χ4v) is 3.32. The highest BCUT2D eigenvalue weighted by Gasteiger charge is 2.37. The highest BCUT2D eigenvalue weighted by Crippen LogP contribution is 2.36. The SMILES string of the molecule is Cc1ccc2c(c1)C(O)C(N1CCCC(C(=O)O)C1)CO2. The predicted octanol–water partition coefficient (Wildman–Crippen LogP) is 1.59. The van der Waals surface area contributed by atoms with E-state index in [9.17, 15) is 15.0 Å². The molecule has 5 heteroatoms. The average molecular weight is 291 g/mol. The summed E-state index contributed by atoms with van der Waals surface area (Å²) in [5.41, 5.74) is 1.89. The molecule has 3 atom stereocenters. The molecule has 2 N–H and O–H groups in total. The summed E-state index contributed by atoms with van der Waals surface area (Å²) in [4.78, 5) is 13.3. The van der Waals surface area contributed by atoms with E-state index in [0.717, 1.165) is 29.8 Å². The molecule has 0 bridgehead atoms. The molecule has 3 rings (SSSR count). The first-order valence-electron chi connectivity index (χ1n) is 7.44. The Hall–Kier alpha value is -1.59. The summed E-state index contributed by atoms with van der Waals surface area (Å²) in [6.07, 6.45) is 0.938. The molecule has 114 valence electrons. The lowest BCUT2D eigenvalue weighted by atomic mass is 9.92. The van der Waals surface area contributed by atoms with Crippen LogP contribution >= 0.6 is 0 Å². The second kappa shape index (κ2) is 5.66. The summed E-state index contributed by atoms with van der Waals surface area (Å²) in [5, 5.41) is 19.8. The summed E-state index contributed by atoms with van der Waals surface area (Å²) in [5.74, 6) is -0.358. The van der Waals surface area contributed by atoms with Crippen LogP contribution in [0, 0.1) is 12.8 Å². The van der Waals surface area contributed by atoms with Crippen LogP contribution in [0.25, 0.3) is 0 Å². The first-order chi connectivity index (χ1) is 10.1. The Kier molecular flexibility index (Phi) is 3.87. The maximum Gasteiger partial charge on any atom is 0.307 e. The van der Waals surface area contributed by atoms with Crippen LogP contribution in [0.3, 0.4) is 0 Å². The minimum absolute atomic E-state index is 0.165. The Bertz CT molecular complexity index is 545. The van der Waals surface area contributed by atoms with E-state index in [1.54, 1.807) is 0 Å². The van der Waals surface area contributed by atoms with Crippen molar-refractivity contribution in [2.75, 3.05) is 19.7 Å². The lowest BCUT2D eigenvalue weighted by Gasteiger charge is -2.41. The molecule has 2 aliphatic rings. The van der Waals surface area contributed by atoms with Crippen molar-refractivity contribution in [1.82, 2.24) is 4.90 Å². The van der Waals surface area contributed by atoms with Crippen molar-refractivity contribution >= 4 is 5.97 Å². The zero-order chi connectivity index (χ0) is 15.0. The fraction of sp³-hybridized carbons (Fsp3) is 0.562. The molecule has 0 radical (unpaired) electrons. The number of aliphatic hydroxyl groups is 1. The second-order valence-corrected chi connectivity index (χ2v) is 6.04. The summed E-state index contributed by atoms with van der Waals surface area (Å²) < 4.78 is 5.76. The van der Waals surface area contributed by atoms with Crippen molar-refractivity contribution in [2.45, 2.75) is 31.9 Å². The highest BCUT2D eigenvalue weighted by atomic mass is 16.5. The number of ether oxygens (including phenoxy) is 1.